The first kappa shape index (κ1) is 28.2. The van der Waals surface area contributed by atoms with Gasteiger partial charge in [0.05, 0.1) is 12.7 Å². The topological polar surface area (TPSA) is 72.8 Å². The fourth-order valence-electron chi connectivity index (χ4n) is 3.95. The summed E-state index contributed by atoms with van der Waals surface area (Å²) in [6.07, 6.45) is 13.7. The Hall–Kier alpha value is -1.88. The van der Waals surface area contributed by atoms with E-state index in [-0.39, 0.29) is 24.6 Å². The second-order valence-electron chi connectivity index (χ2n) is 8.78. The summed E-state index contributed by atoms with van der Waals surface area (Å²) in [4.78, 5) is 22.1. The van der Waals surface area contributed by atoms with Crippen LogP contribution in [0.25, 0.3) is 0 Å². The van der Waals surface area contributed by atoms with Crippen LogP contribution in [0, 0.1) is 0 Å². The Kier molecular flexibility index (Phi) is 16.4. The van der Waals surface area contributed by atoms with Gasteiger partial charge < -0.3 is 14.6 Å². The summed E-state index contributed by atoms with van der Waals surface area (Å²) in [7, 11) is 0. The smallest absolute Gasteiger partial charge is 0.303 e. The van der Waals surface area contributed by atoms with Gasteiger partial charge in [0.25, 0.3) is 0 Å². The van der Waals surface area contributed by atoms with Crippen molar-refractivity contribution in [2.24, 2.45) is 0 Å². The van der Waals surface area contributed by atoms with Crippen LogP contribution >= 0.6 is 0 Å². The van der Waals surface area contributed by atoms with E-state index in [2.05, 4.69) is 19.1 Å². The molecule has 0 bridgehead atoms. The molecule has 0 aromatic heterocycles. The molecule has 5 nitrogen and oxygen atoms in total. The first-order chi connectivity index (χ1) is 15.5. The molecule has 0 amide bonds. The molecule has 1 rings (SSSR count). The maximum Gasteiger partial charge on any atom is 0.303 e. The summed E-state index contributed by atoms with van der Waals surface area (Å²) in [6, 6.07) is 10.2. The van der Waals surface area contributed by atoms with Crippen molar-refractivity contribution in [3.8, 4) is 0 Å². The van der Waals surface area contributed by atoms with Crippen molar-refractivity contribution in [1.29, 1.82) is 0 Å². The number of hydrogen-bond acceptors (Lipinski definition) is 4. The van der Waals surface area contributed by atoms with Crippen LogP contribution in [0.2, 0.25) is 0 Å². The minimum Gasteiger partial charge on any atom is -0.481 e. The average molecular weight is 449 g/mol. The summed E-state index contributed by atoms with van der Waals surface area (Å²) < 4.78 is 11.8. The SMILES string of the molecule is CCCCCC(CCC(CCCCCCCCC(=O)O)OCc1ccccc1)OC(C)=O. The Morgan fingerprint density at radius 2 is 1.41 bits per heavy atom. The number of benzene rings is 1. The molecule has 1 aromatic carbocycles. The molecule has 0 saturated heterocycles. The fourth-order valence-corrected chi connectivity index (χ4v) is 3.95. The van der Waals surface area contributed by atoms with Crippen molar-refractivity contribution in [3.05, 3.63) is 35.9 Å². The molecule has 32 heavy (non-hydrogen) atoms. The van der Waals surface area contributed by atoms with Crippen LogP contribution in [-0.4, -0.2) is 29.3 Å². The number of aliphatic carboxylic acids is 1. The Bertz CT molecular complexity index is 601. The first-order valence-corrected chi connectivity index (χ1v) is 12.6. The van der Waals surface area contributed by atoms with Gasteiger partial charge in [0, 0.05) is 13.3 Å². The predicted molar refractivity (Wildman–Crippen MR) is 129 cm³/mol. The highest BCUT2D eigenvalue weighted by Gasteiger charge is 2.16. The van der Waals surface area contributed by atoms with E-state index < -0.39 is 5.97 Å². The van der Waals surface area contributed by atoms with Gasteiger partial charge in [-0.1, -0.05) is 82.2 Å². The molecule has 1 N–H and O–H groups in total. The van der Waals surface area contributed by atoms with Gasteiger partial charge in [0.1, 0.15) is 6.10 Å². The molecule has 5 heteroatoms. The Morgan fingerprint density at radius 3 is 2.06 bits per heavy atom. The number of carbonyl (C=O) groups excluding carboxylic acids is 1. The molecule has 2 unspecified atom stereocenters. The molecule has 0 aliphatic carbocycles. The van der Waals surface area contributed by atoms with Gasteiger partial charge in [-0.15, -0.1) is 0 Å². The van der Waals surface area contributed by atoms with Gasteiger partial charge in [-0.05, 0) is 44.1 Å². The number of rotatable bonds is 20. The van der Waals surface area contributed by atoms with Crippen LogP contribution in [0.4, 0.5) is 0 Å². The van der Waals surface area contributed by atoms with E-state index >= 15 is 0 Å². The van der Waals surface area contributed by atoms with E-state index in [1.54, 1.807) is 0 Å². The van der Waals surface area contributed by atoms with Crippen LogP contribution in [-0.2, 0) is 25.7 Å². The third-order valence-corrected chi connectivity index (χ3v) is 5.77. The number of ether oxygens (including phenoxy) is 2. The maximum atomic E-state index is 11.5. The summed E-state index contributed by atoms with van der Waals surface area (Å²) in [5, 5.41) is 8.70. The number of carbonyl (C=O) groups is 2. The van der Waals surface area contributed by atoms with Crippen molar-refractivity contribution in [2.75, 3.05) is 0 Å². The molecule has 0 heterocycles. The van der Waals surface area contributed by atoms with Gasteiger partial charge in [-0.2, -0.15) is 0 Å². The number of carboxylic acids is 1. The third-order valence-electron chi connectivity index (χ3n) is 5.77. The van der Waals surface area contributed by atoms with E-state index in [0.29, 0.717) is 6.61 Å². The van der Waals surface area contributed by atoms with E-state index in [0.717, 1.165) is 83.5 Å². The molecule has 2 atom stereocenters. The molecular weight excluding hydrogens is 404 g/mol. The zero-order chi connectivity index (χ0) is 23.4. The minimum atomic E-state index is -0.704. The quantitative estimate of drug-likeness (QED) is 0.171. The molecule has 182 valence electrons. The molecule has 0 saturated carbocycles. The average Bonchev–Trinajstić information content (AvgIpc) is 2.76. The molecule has 0 aliphatic rings. The maximum absolute atomic E-state index is 11.5. The van der Waals surface area contributed by atoms with Crippen molar-refractivity contribution in [1.82, 2.24) is 0 Å². The van der Waals surface area contributed by atoms with Crippen LogP contribution in [0.1, 0.15) is 109 Å². The molecule has 0 aliphatic heterocycles. The molecule has 0 spiro atoms. The van der Waals surface area contributed by atoms with Crippen LogP contribution in [0.3, 0.4) is 0 Å². The second kappa shape index (κ2) is 18.7. The van der Waals surface area contributed by atoms with Gasteiger partial charge in [-0.25, -0.2) is 0 Å². The van der Waals surface area contributed by atoms with Gasteiger partial charge in [0.15, 0.2) is 0 Å². The first-order valence-electron chi connectivity index (χ1n) is 12.6. The summed E-state index contributed by atoms with van der Waals surface area (Å²) in [5.74, 6) is -0.902. The molecule has 0 radical (unpaired) electrons. The lowest BCUT2D eigenvalue weighted by Gasteiger charge is -2.22. The Morgan fingerprint density at radius 1 is 0.812 bits per heavy atom. The lowest BCUT2D eigenvalue weighted by molar-refractivity contribution is -0.147. The summed E-state index contributed by atoms with van der Waals surface area (Å²) in [6.45, 7) is 4.28. The lowest BCUT2D eigenvalue weighted by Crippen LogP contribution is -2.21. The second-order valence-corrected chi connectivity index (χ2v) is 8.78. The monoisotopic (exact) mass is 448 g/mol. The Balaban J connectivity index is 2.44. The van der Waals surface area contributed by atoms with E-state index in [1.165, 1.54) is 12.5 Å². The third kappa shape index (κ3) is 15.9. The molecule has 1 aromatic rings. The number of esters is 1. The lowest BCUT2D eigenvalue weighted by atomic mass is 10.00. The predicted octanol–water partition coefficient (Wildman–Crippen LogP) is 7.07. The van der Waals surface area contributed by atoms with E-state index in [1.807, 2.05) is 18.2 Å². The van der Waals surface area contributed by atoms with Crippen molar-refractivity contribution >= 4 is 11.9 Å². The Labute approximate surface area is 194 Å². The van der Waals surface area contributed by atoms with Crippen molar-refractivity contribution in [3.63, 3.8) is 0 Å². The molecular formula is C27H44O5. The largest absolute Gasteiger partial charge is 0.481 e. The molecule has 0 fully saturated rings. The van der Waals surface area contributed by atoms with Crippen LogP contribution < -0.4 is 0 Å². The van der Waals surface area contributed by atoms with Gasteiger partial charge in [0.2, 0.25) is 0 Å². The number of carboxylic acid groups (broad SMARTS) is 1. The summed E-state index contributed by atoms with van der Waals surface area (Å²) >= 11 is 0. The standard InChI is InChI=1S/C27H44O5/c1-3-4-10-18-26(32-23(2)28)21-20-25(31-22-24-15-11-9-12-16-24)17-13-7-5-6-8-14-19-27(29)30/h9,11-12,15-16,25-26H,3-8,10,13-14,17-22H2,1-2H3,(H,29,30). The summed E-state index contributed by atoms with van der Waals surface area (Å²) in [5.41, 5.74) is 1.18. The highest BCUT2D eigenvalue weighted by atomic mass is 16.5. The van der Waals surface area contributed by atoms with Crippen molar-refractivity contribution < 1.29 is 24.2 Å². The number of hydrogen-bond donors (Lipinski definition) is 1. The van der Waals surface area contributed by atoms with E-state index in [4.69, 9.17) is 14.6 Å². The van der Waals surface area contributed by atoms with Crippen molar-refractivity contribution in [2.45, 2.75) is 123 Å². The van der Waals surface area contributed by atoms with Gasteiger partial charge in [-0.3, -0.25) is 9.59 Å². The van der Waals surface area contributed by atoms with Crippen LogP contribution in [0.15, 0.2) is 30.3 Å². The highest BCUT2D eigenvalue weighted by Crippen LogP contribution is 2.20. The minimum absolute atomic E-state index is 0.0175. The zero-order valence-corrected chi connectivity index (χ0v) is 20.2. The fraction of sp³-hybridized carbons (Fsp3) is 0.704. The van der Waals surface area contributed by atoms with Gasteiger partial charge >= 0.3 is 11.9 Å². The van der Waals surface area contributed by atoms with Crippen LogP contribution in [0.5, 0.6) is 0 Å². The van der Waals surface area contributed by atoms with E-state index in [9.17, 15) is 9.59 Å². The normalized spacial score (nSPS) is 12.9. The zero-order valence-electron chi connectivity index (χ0n) is 20.2. The number of unbranched alkanes of at least 4 members (excludes halogenated alkanes) is 7. The highest BCUT2D eigenvalue weighted by molar-refractivity contribution is 5.66.